The van der Waals surface area contributed by atoms with Crippen molar-refractivity contribution >= 4 is 11.6 Å². The number of benzene rings is 1. The van der Waals surface area contributed by atoms with Gasteiger partial charge < -0.3 is 10.1 Å². The molecule has 0 heterocycles. The lowest BCUT2D eigenvalue weighted by Gasteiger charge is -2.11. The summed E-state index contributed by atoms with van der Waals surface area (Å²) in [5.41, 5.74) is 0.524. The van der Waals surface area contributed by atoms with E-state index in [1.54, 1.807) is 0 Å². The summed E-state index contributed by atoms with van der Waals surface area (Å²) in [6.07, 6.45) is 0. The molecule has 0 spiro atoms. The van der Waals surface area contributed by atoms with E-state index in [-0.39, 0.29) is 17.7 Å². The fourth-order valence-electron chi connectivity index (χ4n) is 1.32. The van der Waals surface area contributed by atoms with Crippen molar-refractivity contribution in [1.82, 2.24) is 5.32 Å². The van der Waals surface area contributed by atoms with Gasteiger partial charge in [0.1, 0.15) is 6.61 Å². The first-order valence-corrected chi connectivity index (χ1v) is 5.95. The van der Waals surface area contributed by atoms with Crippen molar-refractivity contribution in [2.24, 2.45) is 0 Å². The molecule has 1 aromatic rings. The summed E-state index contributed by atoms with van der Waals surface area (Å²) >= 11 is 5.47. The molecule has 0 bridgehead atoms. The number of halogens is 3. The molecule has 0 aromatic heterocycles. The Morgan fingerprint density at radius 2 is 1.94 bits per heavy atom. The van der Waals surface area contributed by atoms with Gasteiger partial charge in [0.15, 0.2) is 17.4 Å². The molecule has 0 amide bonds. The quantitative estimate of drug-likeness (QED) is 0.857. The zero-order valence-electron chi connectivity index (χ0n) is 10.4. The normalized spacial score (nSPS) is 10.8. The van der Waals surface area contributed by atoms with Gasteiger partial charge in [-0.25, -0.2) is 8.78 Å². The van der Waals surface area contributed by atoms with Crippen LogP contribution in [0.1, 0.15) is 19.4 Å². The Balaban J connectivity index is 2.80. The molecule has 0 aliphatic heterocycles. The van der Waals surface area contributed by atoms with Crippen LogP contribution >= 0.6 is 11.6 Å². The first-order chi connectivity index (χ1) is 8.40. The third kappa shape index (κ3) is 4.63. The highest BCUT2D eigenvalue weighted by molar-refractivity contribution is 6.29. The second-order valence-electron chi connectivity index (χ2n) is 4.23. The second-order valence-corrected chi connectivity index (χ2v) is 4.76. The predicted octanol–water partition coefficient (Wildman–Crippen LogP) is 3.59. The first kappa shape index (κ1) is 14.9. The van der Waals surface area contributed by atoms with Crippen LogP contribution in [0.5, 0.6) is 5.75 Å². The highest BCUT2D eigenvalue weighted by Gasteiger charge is 2.13. The zero-order valence-corrected chi connectivity index (χ0v) is 11.2. The molecule has 2 nitrogen and oxygen atoms in total. The largest absolute Gasteiger partial charge is 0.482 e. The summed E-state index contributed by atoms with van der Waals surface area (Å²) in [6.45, 7) is 7.56. The van der Waals surface area contributed by atoms with Crippen molar-refractivity contribution in [3.8, 4) is 5.75 Å². The molecular formula is C13H16ClF2NO. The van der Waals surface area contributed by atoms with Crippen molar-refractivity contribution in [2.75, 3.05) is 6.61 Å². The van der Waals surface area contributed by atoms with Crippen molar-refractivity contribution in [1.29, 1.82) is 0 Å². The van der Waals surface area contributed by atoms with E-state index < -0.39 is 17.4 Å². The Bertz CT molecular complexity index is 412. The van der Waals surface area contributed by atoms with E-state index in [1.807, 2.05) is 13.8 Å². The van der Waals surface area contributed by atoms with Gasteiger partial charge in [-0.15, -0.1) is 0 Å². The number of hydrogen-bond donors (Lipinski definition) is 1. The van der Waals surface area contributed by atoms with Crippen LogP contribution in [-0.4, -0.2) is 12.6 Å². The fourth-order valence-corrected chi connectivity index (χ4v) is 1.38. The minimum Gasteiger partial charge on any atom is -0.482 e. The maximum atomic E-state index is 13.6. The summed E-state index contributed by atoms with van der Waals surface area (Å²) in [5.74, 6) is -1.91. The van der Waals surface area contributed by atoms with Gasteiger partial charge in [-0.1, -0.05) is 32.0 Å². The molecule has 1 aromatic carbocycles. The number of rotatable bonds is 6. The zero-order chi connectivity index (χ0) is 13.7. The molecule has 0 atom stereocenters. The number of ether oxygens (including phenoxy) is 1. The third-order valence-electron chi connectivity index (χ3n) is 2.15. The Kier molecular flexibility index (Phi) is 5.56. The standard InChI is InChI=1S/C13H16ClF2NO/c1-8(2)17-6-10-4-11(15)13(12(16)5-10)18-7-9(3)14/h4-5,8,17H,3,6-7H2,1-2H3. The summed E-state index contributed by atoms with van der Waals surface area (Å²) in [5, 5.41) is 3.26. The molecule has 100 valence electrons. The van der Waals surface area contributed by atoms with Gasteiger partial charge in [-0.2, -0.15) is 0 Å². The summed E-state index contributed by atoms with van der Waals surface area (Å²) in [6, 6.07) is 2.72. The molecule has 0 aliphatic rings. The van der Waals surface area contributed by atoms with E-state index in [2.05, 4.69) is 11.9 Å². The Morgan fingerprint density at radius 1 is 1.39 bits per heavy atom. The van der Waals surface area contributed by atoms with Crippen LogP contribution in [-0.2, 0) is 6.54 Å². The molecule has 1 rings (SSSR count). The molecule has 5 heteroatoms. The van der Waals surface area contributed by atoms with E-state index in [0.717, 1.165) is 0 Å². The topological polar surface area (TPSA) is 21.3 Å². The van der Waals surface area contributed by atoms with Crippen LogP contribution in [0, 0.1) is 11.6 Å². The lowest BCUT2D eigenvalue weighted by atomic mass is 10.2. The monoisotopic (exact) mass is 275 g/mol. The van der Waals surface area contributed by atoms with Crippen LogP contribution < -0.4 is 10.1 Å². The van der Waals surface area contributed by atoms with Gasteiger partial charge in [0.2, 0.25) is 0 Å². The van der Waals surface area contributed by atoms with E-state index in [1.165, 1.54) is 12.1 Å². The highest BCUT2D eigenvalue weighted by Crippen LogP contribution is 2.24. The Labute approximate surface area is 111 Å². The smallest absolute Gasteiger partial charge is 0.191 e. The van der Waals surface area contributed by atoms with Crippen molar-refractivity contribution < 1.29 is 13.5 Å². The van der Waals surface area contributed by atoms with Gasteiger partial charge in [0.05, 0.1) is 0 Å². The Morgan fingerprint density at radius 3 is 2.39 bits per heavy atom. The molecule has 0 unspecified atom stereocenters. The average Bonchev–Trinajstić information content (AvgIpc) is 2.24. The molecular weight excluding hydrogens is 260 g/mol. The first-order valence-electron chi connectivity index (χ1n) is 5.57. The molecule has 1 N–H and O–H groups in total. The van der Waals surface area contributed by atoms with Gasteiger partial charge in [0, 0.05) is 17.6 Å². The summed E-state index contributed by atoms with van der Waals surface area (Å²) in [7, 11) is 0. The van der Waals surface area contributed by atoms with E-state index in [9.17, 15) is 8.78 Å². The van der Waals surface area contributed by atoms with Crippen molar-refractivity contribution in [3.63, 3.8) is 0 Å². The van der Waals surface area contributed by atoms with Crippen LogP contribution in [0.4, 0.5) is 8.78 Å². The lowest BCUT2D eigenvalue weighted by Crippen LogP contribution is -2.22. The van der Waals surface area contributed by atoms with E-state index in [4.69, 9.17) is 16.3 Å². The molecule has 0 aliphatic carbocycles. The van der Waals surface area contributed by atoms with Gasteiger partial charge in [-0.05, 0) is 17.7 Å². The third-order valence-corrected chi connectivity index (χ3v) is 2.25. The van der Waals surface area contributed by atoms with Crippen LogP contribution in [0.2, 0.25) is 0 Å². The van der Waals surface area contributed by atoms with Crippen molar-refractivity contribution in [2.45, 2.75) is 26.4 Å². The van der Waals surface area contributed by atoms with Crippen LogP contribution in [0.25, 0.3) is 0 Å². The molecule has 0 radical (unpaired) electrons. The fraction of sp³-hybridized carbons (Fsp3) is 0.385. The number of nitrogens with one attached hydrogen (secondary N) is 1. The summed E-state index contributed by atoms with van der Waals surface area (Å²) in [4.78, 5) is 0. The molecule has 18 heavy (non-hydrogen) atoms. The van der Waals surface area contributed by atoms with E-state index >= 15 is 0 Å². The minimum atomic E-state index is -0.742. The van der Waals surface area contributed by atoms with Gasteiger partial charge in [0.25, 0.3) is 0 Å². The SMILES string of the molecule is C=C(Cl)COc1c(F)cc(CNC(C)C)cc1F. The number of hydrogen-bond acceptors (Lipinski definition) is 2. The predicted molar refractivity (Wildman–Crippen MR) is 68.8 cm³/mol. The second kappa shape index (κ2) is 6.71. The lowest BCUT2D eigenvalue weighted by molar-refractivity contribution is 0.317. The van der Waals surface area contributed by atoms with Crippen molar-refractivity contribution in [3.05, 3.63) is 40.9 Å². The van der Waals surface area contributed by atoms with Gasteiger partial charge in [-0.3, -0.25) is 0 Å². The summed E-state index contributed by atoms with van der Waals surface area (Å²) < 4.78 is 32.1. The van der Waals surface area contributed by atoms with E-state index in [0.29, 0.717) is 12.1 Å². The maximum absolute atomic E-state index is 13.6. The molecule has 0 saturated carbocycles. The Hall–Kier alpha value is -1.13. The average molecular weight is 276 g/mol. The van der Waals surface area contributed by atoms with Crippen LogP contribution in [0.15, 0.2) is 23.7 Å². The molecule has 0 saturated heterocycles. The van der Waals surface area contributed by atoms with Gasteiger partial charge >= 0.3 is 0 Å². The highest BCUT2D eigenvalue weighted by atomic mass is 35.5. The maximum Gasteiger partial charge on any atom is 0.191 e. The van der Waals surface area contributed by atoms with Crippen LogP contribution in [0.3, 0.4) is 0 Å². The minimum absolute atomic E-state index is 0.126. The molecule has 0 fully saturated rings.